The summed E-state index contributed by atoms with van der Waals surface area (Å²) >= 11 is 0. The van der Waals surface area contributed by atoms with E-state index in [1.54, 1.807) is 12.0 Å². The molecule has 7 nitrogen and oxygen atoms in total. The van der Waals surface area contributed by atoms with Crippen LogP contribution in [0, 0.1) is 19.8 Å². The standard InChI is InChI=1S/C31H42N2O5/c1-8-32(9-2)15-16-33-28(23-12-13-25(26(19-23)37-7)38-17-14-20(3)4)27(30(35)31(33)36)29(34)24-18-21(5)10-11-22(24)6/h10-13,18-20,28,34H,8-9,14-17H2,1-7H3. The Kier molecular flexibility index (Phi) is 9.97. The number of ketones is 1. The van der Waals surface area contributed by atoms with Crippen LogP contribution in [0.15, 0.2) is 42.0 Å². The number of carbonyl (C=O) groups is 2. The summed E-state index contributed by atoms with van der Waals surface area (Å²) in [7, 11) is 1.57. The van der Waals surface area contributed by atoms with Gasteiger partial charge in [0.2, 0.25) is 0 Å². The average molecular weight is 523 g/mol. The van der Waals surface area contributed by atoms with Crippen molar-refractivity contribution in [2.45, 2.75) is 54.0 Å². The van der Waals surface area contributed by atoms with Gasteiger partial charge in [0.1, 0.15) is 5.76 Å². The van der Waals surface area contributed by atoms with Gasteiger partial charge in [0.15, 0.2) is 11.5 Å². The highest BCUT2D eigenvalue weighted by Crippen LogP contribution is 2.42. The second-order valence-corrected chi connectivity index (χ2v) is 10.3. The van der Waals surface area contributed by atoms with Crippen LogP contribution in [0.25, 0.3) is 5.76 Å². The molecule has 7 heteroatoms. The maximum Gasteiger partial charge on any atom is 0.295 e. The Bertz CT molecular complexity index is 1180. The fourth-order valence-corrected chi connectivity index (χ4v) is 4.76. The van der Waals surface area contributed by atoms with E-state index in [4.69, 9.17) is 9.47 Å². The molecule has 2 aromatic carbocycles. The number of carbonyl (C=O) groups excluding carboxylic acids is 2. The lowest BCUT2D eigenvalue weighted by Gasteiger charge is -2.28. The molecule has 0 radical (unpaired) electrons. The maximum absolute atomic E-state index is 13.4. The molecule has 1 aliphatic rings. The number of likely N-dealkylation sites (tertiary alicyclic amines) is 1. The highest BCUT2D eigenvalue weighted by Gasteiger charge is 2.46. The molecule has 0 aliphatic carbocycles. The predicted molar refractivity (Wildman–Crippen MR) is 151 cm³/mol. The molecule has 1 N–H and O–H groups in total. The first kappa shape index (κ1) is 29.2. The van der Waals surface area contributed by atoms with E-state index in [9.17, 15) is 14.7 Å². The van der Waals surface area contributed by atoms with E-state index < -0.39 is 17.7 Å². The Morgan fingerprint density at radius 2 is 1.76 bits per heavy atom. The molecule has 38 heavy (non-hydrogen) atoms. The van der Waals surface area contributed by atoms with Gasteiger partial charge in [-0.3, -0.25) is 9.59 Å². The first-order valence-corrected chi connectivity index (χ1v) is 13.5. The van der Waals surface area contributed by atoms with Crippen LogP contribution in [0.2, 0.25) is 0 Å². The zero-order valence-corrected chi connectivity index (χ0v) is 23.8. The van der Waals surface area contributed by atoms with Crippen LogP contribution in [0.1, 0.15) is 62.4 Å². The minimum absolute atomic E-state index is 0.0961. The number of methoxy groups -OCH3 is 1. The molecule has 2 aromatic rings. The summed E-state index contributed by atoms with van der Waals surface area (Å²) in [6, 6.07) is 10.4. The number of rotatable bonds is 12. The minimum atomic E-state index is -0.746. The Labute approximate surface area is 227 Å². The smallest absolute Gasteiger partial charge is 0.295 e. The summed E-state index contributed by atoms with van der Waals surface area (Å²) in [4.78, 5) is 30.6. The van der Waals surface area contributed by atoms with Crippen LogP contribution in [0.3, 0.4) is 0 Å². The second-order valence-electron chi connectivity index (χ2n) is 10.3. The van der Waals surface area contributed by atoms with Crippen molar-refractivity contribution < 1.29 is 24.2 Å². The number of benzene rings is 2. The van der Waals surface area contributed by atoms with E-state index in [-0.39, 0.29) is 11.3 Å². The molecule has 0 bridgehead atoms. The van der Waals surface area contributed by atoms with E-state index >= 15 is 0 Å². The van der Waals surface area contributed by atoms with Crippen molar-refractivity contribution >= 4 is 17.4 Å². The van der Waals surface area contributed by atoms with E-state index in [0.717, 1.165) is 30.6 Å². The van der Waals surface area contributed by atoms with Crippen LogP contribution in [-0.4, -0.2) is 66.5 Å². The lowest BCUT2D eigenvalue weighted by atomic mass is 9.93. The van der Waals surface area contributed by atoms with Gasteiger partial charge < -0.3 is 24.4 Å². The van der Waals surface area contributed by atoms with Crippen LogP contribution >= 0.6 is 0 Å². The number of hydrogen-bond donors (Lipinski definition) is 1. The molecule has 206 valence electrons. The largest absolute Gasteiger partial charge is 0.507 e. The van der Waals surface area contributed by atoms with Crippen molar-refractivity contribution in [3.8, 4) is 11.5 Å². The molecule has 1 saturated heterocycles. The molecule has 0 spiro atoms. The molecule has 0 saturated carbocycles. The van der Waals surface area contributed by atoms with Gasteiger partial charge in [-0.05, 0) is 68.6 Å². The topological polar surface area (TPSA) is 79.3 Å². The van der Waals surface area contributed by atoms with Crippen LogP contribution in [0.5, 0.6) is 11.5 Å². The zero-order valence-electron chi connectivity index (χ0n) is 23.8. The van der Waals surface area contributed by atoms with Crippen LogP contribution in [-0.2, 0) is 9.59 Å². The number of nitrogens with zero attached hydrogens (tertiary/aromatic N) is 2. The number of aliphatic hydroxyl groups excluding tert-OH is 1. The van der Waals surface area contributed by atoms with E-state index in [1.165, 1.54) is 0 Å². The number of aryl methyl sites for hydroxylation is 2. The van der Waals surface area contributed by atoms with Gasteiger partial charge in [0.05, 0.1) is 25.3 Å². The molecular formula is C31H42N2O5. The summed E-state index contributed by atoms with van der Waals surface area (Å²) in [5.41, 5.74) is 3.11. The molecule has 1 amide bonds. The molecule has 1 fully saturated rings. The fraction of sp³-hybridized carbons (Fsp3) is 0.484. The highest BCUT2D eigenvalue weighted by atomic mass is 16.5. The lowest BCUT2D eigenvalue weighted by Crippen LogP contribution is -2.38. The average Bonchev–Trinajstić information content (AvgIpc) is 3.15. The number of likely N-dealkylation sites (N-methyl/N-ethyl adjacent to an activating group) is 1. The first-order valence-electron chi connectivity index (χ1n) is 13.5. The third kappa shape index (κ3) is 6.38. The summed E-state index contributed by atoms with van der Waals surface area (Å²) in [6.45, 7) is 15.4. The quantitative estimate of drug-likeness (QED) is 0.225. The molecule has 3 rings (SSSR count). The third-order valence-corrected chi connectivity index (χ3v) is 7.20. The van der Waals surface area contributed by atoms with Crippen LogP contribution < -0.4 is 9.47 Å². The SMILES string of the molecule is CCN(CC)CCN1C(=O)C(=O)C(=C(O)c2cc(C)ccc2C)C1c1ccc(OCCC(C)C)c(OC)c1. The first-order chi connectivity index (χ1) is 18.1. The van der Waals surface area contributed by atoms with Crippen molar-refractivity contribution in [2.75, 3.05) is 39.9 Å². The van der Waals surface area contributed by atoms with Crippen LogP contribution in [0.4, 0.5) is 0 Å². The highest BCUT2D eigenvalue weighted by molar-refractivity contribution is 6.46. The van der Waals surface area contributed by atoms with Crippen molar-refractivity contribution in [1.29, 1.82) is 0 Å². The van der Waals surface area contributed by atoms with E-state index in [1.807, 2.05) is 50.2 Å². The maximum atomic E-state index is 13.4. The number of Topliss-reactive ketones (excluding diaryl/α,β-unsaturated/α-hetero) is 1. The van der Waals surface area contributed by atoms with Gasteiger partial charge in [-0.1, -0.05) is 51.5 Å². The molecule has 0 aromatic heterocycles. The lowest BCUT2D eigenvalue weighted by molar-refractivity contribution is -0.140. The van der Waals surface area contributed by atoms with Gasteiger partial charge in [-0.15, -0.1) is 0 Å². The van der Waals surface area contributed by atoms with Crippen molar-refractivity contribution in [3.63, 3.8) is 0 Å². The minimum Gasteiger partial charge on any atom is -0.507 e. The second kappa shape index (κ2) is 13.0. The summed E-state index contributed by atoms with van der Waals surface area (Å²) < 4.78 is 11.6. The summed E-state index contributed by atoms with van der Waals surface area (Å²) in [5.74, 6) is 0.195. The van der Waals surface area contributed by atoms with Crippen molar-refractivity contribution in [2.24, 2.45) is 5.92 Å². The number of amides is 1. The van der Waals surface area contributed by atoms with E-state index in [2.05, 4.69) is 32.6 Å². The van der Waals surface area contributed by atoms with Crippen molar-refractivity contribution in [3.05, 3.63) is 64.2 Å². The normalized spacial score (nSPS) is 17.1. The van der Waals surface area contributed by atoms with Gasteiger partial charge in [0.25, 0.3) is 11.7 Å². The van der Waals surface area contributed by atoms with Gasteiger partial charge in [-0.2, -0.15) is 0 Å². The Balaban J connectivity index is 2.12. The van der Waals surface area contributed by atoms with Gasteiger partial charge in [0, 0.05) is 18.7 Å². The monoisotopic (exact) mass is 522 g/mol. The molecule has 1 unspecified atom stereocenters. The Morgan fingerprint density at radius 1 is 1.05 bits per heavy atom. The molecule has 1 aliphatic heterocycles. The number of aliphatic hydroxyl groups is 1. The van der Waals surface area contributed by atoms with Crippen molar-refractivity contribution in [1.82, 2.24) is 9.80 Å². The molecule has 1 heterocycles. The summed E-state index contributed by atoms with van der Waals surface area (Å²) in [5, 5.41) is 11.5. The zero-order chi connectivity index (χ0) is 28.0. The predicted octanol–water partition coefficient (Wildman–Crippen LogP) is 5.50. The number of ether oxygens (including phenoxy) is 2. The third-order valence-electron chi connectivity index (χ3n) is 7.20. The van der Waals surface area contributed by atoms with Gasteiger partial charge in [-0.25, -0.2) is 0 Å². The Hall–Kier alpha value is -3.32. The number of hydrogen-bond acceptors (Lipinski definition) is 6. The Morgan fingerprint density at radius 3 is 2.39 bits per heavy atom. The van der Waals surface area contributed by atoms with E-state index in [0.29, 0.717) is 48.2 Å². The van der Waals surface area contributed by atoms with Gasteiger partial charge >= 0.3 is 0 Å². The molecular weight excluding hydrogens is 480 g/mol. The fourth-order valence-electron chi connectivity index (χ4n) is 4.76. The summed E-state index contributed by atoms with van der Waals surface area (Å²) in [6.07, 6.45) is 0.909. The molecule has 1 atom stereocenters.